The van der Waals surface area contributed by atoms with Crippen LogP contribution in [0.1, 0.15) is 5.01 Å². The van der Waals surface area contributed by atoms with Gasteiger partial charge < -0.3 is 5.32 Å². The number of benzene rings is 1. The molecule has 0 aliphatic heterocycles. The molecule has 0 saturated carbocycles. The lowest BCUT2D eigenvalue weighted by molar-refractivity contribution is -0.668. The lowest BCUT2D eigenvalue weighted by Crippen LogP contribution is -2.27. The zero-order chi connectivity index (χ0) is 10.5. The summed E-state index contributed by atoms with van der Waals surface area (Å²) >= 11 is 1.72. The number of nitrogens with zero attached hydrogens (tertiary/aromatic N) is 1. The summed E-state index contributed by atoms with van der Waals surface area (Å²) < 4.78 is 2.09. The van der Waals surface area contributed by atoms with E-state index >= 15 is 0 Å². The minimum Gasteiger partial charge on any atom is -0.361 e. The molecular weight excluding hydrogens is 204 g/mol. The normalized spacial score (nSPS) is 10.7. The average Bonchev–Trinajstić information content (AvgIpc) is 2.66. The third-order valence-electron chi connectivity index (χ3n) is 2.07. The van der Waals surface area contributed by atoms with Gasteiger partial charge in [0.1, 0.15) is 7.05 Å². The summed E-state index contributed by atoms with van der Waals surface area (Å²) in [6.45, 7) is 0. The molecule has 1 heterocycles. The Hall–Kier alpha value is -1.61. The van der Waals surface area contributed by atoms with Gasteiger partial charge in [0.15, 0.2) is 6.20 Å². The molecule has 0 aliphatic rings. The van der Waals surface area contributed by atoms with E-state index in [4.69, 9.17) is 0 Å². The molecule has 0 unspecified atom stereocenters. The second-order valence-corrected chi connectivity index (χ2v) is 4.12. The maximum absolute atomic E-state index is 3.22. The fourth-order valence-electron chi connectivity index (χ4n) is 1.25. The molecule has 15 heavy (non-hydrogen) atoms. The number of rotatable bonds is 3. The molecule has 76 valence electrons. The number of anilines is 1. The predicted molar refractivity (Wildman–Crippen MR) is 64.6 cm³/mol. The van der Waals surface area contributed by atoms with Gasteiger partial charge in [0.2, 0.25) is 0 Å². The highest BCUT2D eigenvalue weighted by Gasteiger charge is 2.01. The number of thiazole rings is 1. The first kappa shape index (κ1) is 9.93. The molecule has 2 nitrogen and oxygen atoms in total. The predicted octanol–water partition coefficient (Wildman–Crippen LogP) is 2.66. The van der Waals surface area contributed by atoms with Gasteiger partial charge in [-0.3, -0.25) is 0 Å². The van der Waals surface area contributed by atoms with E-state index in [0.29, 0.717) is 0 Å². The molecule has 3 heteroatoms. The molecule has 0 aliphatic carbocycles. The largest absolute Gasteiger partial charge is 0.361 e. The maximum Gasteiger partial charge on any atom is 0.262 e. The molecule has 1 aromatic carbocycles. The number of hydrogen-bond acceptors (Lipinski definition) is 2. The van der Waals surface area contributed by atoms with E-state index in [1.165, 1.54) is 5.01 Å². The molecule has 2 rings (SSSR count). The van der Waals surface area contributed by atoms with E-state index < -0.39 is 0 Å². The van der Waals surface area contributed by atoms with Crippen molar-refractivity contribution in [2.45, 2.75) is 0 Å². The zero-order valence-electron chi connectivity index (χ0n) is 8.55. The van der Waals surface area contributed by atoms with Gasteiger partial charge in [-0.25, -0.2) is 0 Å². The summed E-state index contributed by atoms with van der Waals surface area (Å²) in [5.41, 5.74) is 1.10. The van der Waals surface area contributed by atoms with Crippen molar-refractivity contribution in [1.29, 1.82) is 0 Å². The fourth-order valence-corrected chi connectivity index (χ4v) is 2.01. The Balaban J connectivity index is 2.00. The quantitative estimate of drug-likeness (QED) is 0.782. The Kier molecular flexibility index (Phi) is 3.15. The molecule has 2 aromatic rings. The van der Waals surface area contributed by atoms with Gasteiger partial charge in [-0.15, -0.1) is 0 Å². The van der Waals surface area contributed by atoms with Crippen LogP contribution in [0.5, 0.6) is 0 Å². The van der Waals surface area contributed by atoms with Crippen LogP contribution < -0.4 is 9.88 Å². The van der Waals surface area contributed by atoms with Crippen molar-refractivity contribution >= 4 is 23.1 Å². The SMILES string of the molecule is C[n+]1ccsc1C=CNc1ccccc1. The first-order chi connectivity index (χ1) is 7.36. The Morgan fingerprint density at radius 3 is 2.73 bits per heavy atom. The Bertz CT molecular complexity index is 446. The Labute approximate surface area is 93.5 Å². The molecule has 0 bridgehead atoms. The van der Waals surface area contributed by atoms with Crippen LogP contribution in [0.4, 0.5) is 5.69 Å². The van der Waals surface area contributed by atoms with Crippen LogP contribution in [0.25, 0.3) is 6.08 Å². The summed E-state index contributed by atoms with van der Waals surface area (Å²) in [5, 5.41) is 6.52. The van der Waals surface area contributed by atoms with Gasteiger partial charge in [-0.2, -0.15) is 4.57 Å². The lowest BCUT2D eigenvalue weighted by atomic mass is 10.3. The standard InChI is InChI=1S/C12H12N2S/c1-14-9-10-15-12(14)7-8-13-11-5-3-2-4-6-11/h2-10H,1H3/p+1. The van der Waals surface area contributed by atoms with E-state index in [9.17, 15) is 0 Å². The van der Waals surface area contributed by atoms with E-state index in [2.05, 4.69) is 21.3 Å². The summed E-state index contributed by atoms with van der Waals surface area (Å²) in [4.78, 5) is 0. The zero-order valence-corrected chi connectivity index (χ0v) is 9.37. The third kappa shape index (κ3) is 2.67. The Morgan fingerprint density at radius 1 is 1.27 bits per heavy atom. The number of nitrogens with one attached hydrogen (secondary N) is 1. The number of hydrogen-bond donors (Lipinski definition) is 1. The van der Waals surface area contributed by atoms with Crippen molar-refractivity contribution in [3.05, 3.63) is 53.1 Å². The van der Waals surface area contributed by atoms with Crippen molar-refractivity contribution in [2.75, 3.05) is 5.32 Å². The molecule has 0 radical (unpaired) electrons. The monoisotopic (exact) mass is 217 g/mol. The smallest absolute Gasteiger partial charge is 0.262 e. The first-order valence-electron chi connectivity index (χ1n) is 4.77. The molecule has 1 aromatic heterocycles. The van der Waals surface area contributed by atoms with Crippen LogP contribution >= 0.6 is 11.3 Å². The molecule has 0 spiro atoms. The van der Waals surface area contributed by atoms with Crippen LogP contribution in [-0.2, 0) is 7.05 Å². The minimum atomic E-state index is 1.10. The van der Waals surface area contributed by atoms with Crippen molar-refractivity contribution in [2.24, 2.45) is 7.05 Å². The van der Waals surface area contributed by atoms with Gasteiger partial charge in [0.25, 0.3) is 5.01 Å². The van der Waals surface area contributed by atoms with Crippen LogP contribution in [0.15, 0.2) is 48.1 Å². The summed E-state index contributed by atoms with van der Waals surface area (Å²) in [7, 11) is 2.04. The molecule has 0 saturated heterocycles. The van der Waals surface area contributed by atoms with Gasteiger partial charge in [-0.05, 0) is 12.1 Å². The van der Waals surface area contributed by atoms with Crippen LogP contribution in [0, 0.1) is 0 Å². The average molecular weight is 217 g/mol. The van der Waals surface area contributed by atoms with Crippen molar-refractivity contribution in [3.8, 4) is 0 Å². The third-order valence-corrected chi connectivity index (χ3v) is 2.99. The molecule has 0 amide bonds. The summed E-state index contributed by atoms with van der Waals surface area (Å²) in [6.07, 6.45) is 6.08. The second-order valence-electron chi connectivity index (χ2n) is 3.20. The molecular formula is C12H13N2S+. The topological polar surface area (TPSA) is 15.9 Å². The van der Waals surface area contributed by atoms with Gasteiger partial charge in [0, 0.05) is 18.0 Å². The number of para-hydroxylation sites is 1. The second kappa shape index (κ2) is 4.75. The van der Waals surface area contributed by atoms with E-state index in [0.717, 1.165) is 5.69 Å². The highest BCUT2D eigenvalue weighted by molar-refractivity contribution is 7.10. The van der Waals surface area contributed by atoms with Crippen LogP contribution in [0.3, 0.4) is 0 Å². The maximum atomic E-state index is 3.22. The van der Waals surface area contributed by atoms with Crippen molar-refractivity contribution in [1.82, 2.24) is 0 Å². The van der Waals surface area contributed by atoms with Crippen LogP contribution in [0.2, 0.25) is 0 Å². The highest BCUT2D eigenvalue weighted by Crippen LogP contribution is 2.07. The fraction of sp³-hybridized carbons (Fsp3) is 0.0833. The molecule has 0 atom stereocenters. The van der Waals surface area contributed by atoms with E-state index in [1.807, 2.05) is 49.8 Å². The Morgan fingerprint density at radius 2 is 2.07 bits per heavy atom. The minimum absolute atomic E-state index is 1.10. The summed E-state index contributed by atoms with van der Waals surface area (Å²) in [6, 6.07) is 10.1. The van der Waals surface area contributed by atoms with Crippen LogP contribution in [-0.4, -0.2) is 0 Å². The lowest BCUT2D eigenvalue weighted by Gasteiger charge is -1.97. The molecule has 0 fully saturated rings. The van der Waals surface area contributed by atoms with Gasteiger partial charge in [0.05, 0.1) is 5.38 Å². The van der Waals surface area contributed by atoms with E-state index in [1.54, 1.807) is 11.3 Å². The highest BCUT2D eigenvalue weighted by atomic mass is 32.1. The van der Waals surface area contributed by atoms with Gasteiger partial charge in [-0.1, -0.05) is 29.5 Å². The number of aromatic nitrogens is 1. The van der Waals surface area contributed by atoms with E-state index in [-0.39, 0.29) is 0 Å². The van der Waals surface area contributed by atoms with Crippen molar-refractivity contribution < 1.29 is 4.57 Å². The first-order valence-corrected chi connectivity index (χ1v) is 5.65. The van der Waals surface area contributed by atoms with Crippen molar-refractivity contribution in [3.63, 3.8) is 0 Å². The molecule has 1 N–H and O–H groups in total. The number of aryl methyl sites for hydroxylation is 1. The summed E-state index contributed by atoms with van der Waals surface area (Å²) in [5.74, 6) is 0. The van der Waals surface area contributed by atoms with Gasteiger partial charge >= 0.3 is 0 Å².